The zero-order chi connectivity index (χ0) is 19.1. The molecule has 0 spiro atoms. The molecule has 6 heteroatoms. The number of carbonyl (C=O) groups excluding carboxylic acids is 2. The first-order chi connectivity index (χ1) is 13.0. The van der Waals surface area contributed by atoms with E-state index in [4.69, 9.17) is 9.47 Å². The molecular formula is C21H22N2O4. The molecule has 0 unspecified atom stereocenters. The molecule has 2 heterocycles. The number of nitrogens with one attached hydrogen (secondary N) is 1. The summed E-state index contributed by atoms with van der Waals surface area (Å²) in [5.74, 6) is 0.720. The number of nitrogens with zero attached hydrogens (tertiary/aromatic N) is 1. The van der Waals surface area contributed by atoms with Crippen LogP contribution in [0.3, 0.4) is 0 Å². The molecule has 140 valence electrons. The maximum atomic E-state index is 12.1. The monoisotopic (exact) mass is 366 g/mol. The molecular weight excluding hydrogens is 344 g/mol. The van der Waals surface area contributed by atoms with Gasteiger partial charge in [-0.3, -0.25) is 4.79 Å². The molecule has 1 saturated heterocycles. The van der Waals surface area contributed by atoms with Crippen molar-refractivity contribution in [3.8, 4) is 5.75 Å². The molecule has 0 bridgehead atoms. The first-order valence-electron chi connectivity index (χ1n) is 8.93. The Kier molecular flexibility index (Phi) is 4.26. The normalized spacial score (nSPS) is 22.6. The topological polar surface area (TPSA) is 67.9 Å². The van der Waals surface area contributed by atoms with Gasteiger partial charge in [-0.05, 0) is 41.5 Å². The van der Waals surface area contributed by atoms with Crippen LogP contribution in [-0.2, 0) is 9.53 Å². The van der Waals surface area contributed by atoms with Crippen LogP contribution in [0.2, 0.25) is 0 Å². The van der Waals surface area contributed by atoms with E-state index in [1.807, 2.05) is 29.2 Å². The average molecular weight is 366 g/mol. The Labute approximate surface area is 158 Å². The number of amides is 1. The van der Waals surface area contributed by atoms with Crippen LogP contribution in [0.15, 0.2) is 42.5 Å². The van der Waals surface area contributed by atoms with E-state index < -0.39 is 0 Å². The van der Waals surface area contributed by atoms with Crippen LogP contribution >= 0.6 is 0 Å². The molecule has 2 aliphatic heterocycles. The van der Waals surface area contributed by atoms with E-state index in [9.17, 15) is 9.59 Å². The second-order valence-electron chi connectivity index (χ2n) is 6.97. The Morgan fingerprint density at radius 1 is 1.11 bits per heavy atom. The number of hydrogen-bond donors (Lipinski definition) is 1. The van der Waals surface area contributed by atoms with Gasteiger partial charge in [0.25, 0.3) is 0 Å². The minimum atomic E-state index is -0.375. The van der Waals surface area contributed by atoms with Crippen molar-refractivity contribution >= 4 is 17.6 Å². The second-order valence-corrected chi connectivity index (χ2v) is 6.97. The summed E-state index contributed by atoms with van der Waals surface area (Å²) in [5.41, 5.74) is 3.55. The standard InChI is InChI=1S/C21H22N2O4/c1-12(24)23-11-17-19(13-4-7-15(26-2)8-5-13)22-18-9-6-14(21(25)27-3)10-16(18)20(17)23/h4-10,17,19-20,22H,11H2,1-3H3/t17-,19-,20+/m0/s1. The number of fused-ring (bicyclic) bond motifs is 3. The molecule has 4 rings (SSSR count). The van der Waals surface area contributed by atoms with Crippen molar-refractivity contribution in [1.29, 1.82) is 0 Å². The number of methoxy groups -OCH3 is 2. The lowest BCUT2D eigenvalue weighted by atomic mass is 9.72. The van der Waals surface area contributed by atoms with Crippen LogP contribution in [0, 0.1) is 5.92 Å². The summed E-state index contributed by atoms with van der Waals surface area (Å²) in [6.45, 7) is 2.27. The number of likely N-dealkylation sites (tertiary alicyclic amines) is 1. The third kappa shape index (κ3) is 2.81. The first kappa shape index (κ1) is 17.4. The molecule has 2 aromatic carbocycles. The maximum Gasteiger partial charge on any atom is 0.337 e. The molecule has 1 amide bonds. The van der Waals surface area contributed by atoms with Crippen molar-refractivity contribution < 1.29 is 19.1 Å². The van der Waals surface area contributed by atoms with Crippen molar-refractivity contribution in [2.45, 2.75) is 19.0 Å². The van der Waals surface area contributed by atoms with E-state index >= 15 is 0 Å². The highest BCUT2D eigenvalue weighted by Gasteiger charge is 2.49. The van der Waals surface area contributed by atoms with Crippen LogP contribution in [0.5, 0.6) is 5.75 Å². The molecule has 3 atom stereocenters. The number of rotatable bonds is 3. The largest absolute Gasteiger partial charge is 0.497 e. The number of benzene rings is 2. The lowest BCUT2D eigenvalue weighted by Gasteiger charge is -2.55. The van der Waals surface area contributed by atoms with Crippen molar-refractivity contribution in [2.24, 2.45) is 5.92 Å². The molecule has 0 radical (unpaired) electrons. The molecule has 6 nitrogen and oxygen atoms in total. The van der Waals surface area contributed by atoms with E-state index in [0.717, 1.165) is 22.6 Å². The fourth-order valence-electron chi connectivity index (χ4n) is 4.14. The van der Waals surface area contributed by atoms with Gasteiger partial charge in [-0.15, -0.1) is 0 Å². The summed E-state index contributed by atoms with van der Waals surface area (Å²) in [4.78, 5) is 25.9. The van der Waals surface area contributed by atoms with Crippen LogP contribution < -0.4 is 10.1 Å². The predicted molar refractivity (Wildman–Crippen MR) is 101 cm³/mol. The molecule has 2 aromatic rings. The van der Waals surface area contributed by atoms with Gasteiger partial charge in [0.2, 0.25) is 5.91 Å². The van der Waals surface area contributed by atoms with Crippen molar-refractivity contribution in [2.75, 3.05) is 26.1 Å². The SMILES string of the molecule is COC(=O)c1ccc2c(c1)[C@@H]1[C@@H](CN1C(C)=O)[C@H](c1ccc(OC)cc1)N2. The quantitative estimate of drug-likeness (QED) is 0.845. The Bertz CT molecular complexity index is 894. The molecule has 1 fully saturated rings. The Hall–Kier alpha value is -3.02. The highest BCUT2D eigenvalue weighted by molar-refractivity contribution is 5.90. The van der Waals surface area contributed by atoms with E-state index in [0.29, 0.717) is 12.1 Å². The Morgan fingerprint density at radius 3 is 2.48 bits per heavy atom. The van der Waals surface area contributed by atoms with Crippen molar-refractivity contribution in [3.63, 3.8) is 0 Å². The molecule has 27 heavy (non-hydrogen) atoms. The number of anilines is 1. The van der Waals surface area contributed by atoms with Gasteiger partial charge >= 0.3 is 5.97 Å². The fraction of sp³-hybridized carbons (Fsp3) is 0.333. The van der Waals surface area contributed by atoms with Gasteiger partial charge in [0.05, 0.1) is 31.9 Å². The van der Waals surface area contributed by atoms with Gasteiger partial charge < -0.3 is 19.7 Å². The van der Waals surface area contributed by atoms with Crippen LogP contribution in [0.1, 0.15) is 40.5 Å². The van der Waals surface area contributed by atoms with E-state index in [1.165, 1.54) is 7.11 Å². The summed E-state index contributed by atoms with van der Waals surface area (Å²) >= 11 is 0. The number of hydrogen-bond acceptors (Lipinski definition) is 5. The molecule has 0 aliphatic carbocycles. The third-order valence-corrected chi connectivity index (χ3v) is 5.56. The molecule has 1 N–H and O–H groups in total. The highest BCUT2D eigenvalue weighted by Crippen LogP contribution is 2.52. The van der Waals surface area contributed by atoms with Gasteiger partial charge in [-0.1, -0.05) is 12.1 Å². The van der Waals surface area contributed by atoms with Crippen molar-refractivity contribution in [3.05, 3.63) is 59.2 Å². The Balaban J connectivity index is 1.73. The predicted octanol–water partition coefficient (Wildman–Crippen LogP) is 3.17. The zero-order valence-corrected chi connectivity index (χ0v) is 15.6. The van der Waals surface area contributed by atoms with Crippen LogP contribution in [0.25, 0.3) is 0 Å². The number of esters is 1. The summed E-state index contributed by atoms with van der Waals surface area (Å²) in [6.07, 6.45) is 0. The van der Waals surface area contributed by atoms with Gasteiger partial charge in [0, 0.05) is 25.1 Å². The van der Waals surface area contributed by atoms with Gasteiger partial charge in [0.1, 0.15) is 5.75 Å². The smallest absolute Gasteiger partial charge is 0.337 e. The summed E-state index contributed by atoms with van der Waals surface area (Å²) in [7, 11) is 3.02. The van der Waals surface area contributed by atoms with Crippen LogP contribution in [-0.4, -0.2) is 37.5 Å². The maximum absolute atomic E-state index is 12.1. The summed E-state index contributed by atoms with van der Waals surface area (Å²) in [6, 6.07) is 13.5. The highest BCUT2D eigenvalue weighted by atomic mass is 16.5. The summed E-state index contributed by atoms with van der Waals surface area (Å²) < 4.78 is 10.1. The number of ether oxygens (including phenoxy) is 2. The lowest BCUT2D eigenvalue weighted by Crippen LogP contribution is -2.57. The van der Waals surface area contributed by atoms with E-state index in [2.05, 4.69) is 17.4 Å². The fourth-order valence-corrected chi connectivity index (χ4v) is 4.14. The van der Waals surface area contributed by atoms with Gasteiger partial charge in [-0.25, -0.2) is 4.79 Å². The first-order valence-corrected chi connectivity index (χ1v) is 8.93. The summed E-state index contributed by atoms with van der Waals surface area (Å²) in [5, 5.41) is 3.59. The lowest BCUT2D eigenvalue weighted by molar-refractivity contribution is -0.143. The zero-order valence-electron chi connectivity index (χ0n) is 15.6. The average Bonchev–Trinajstić information content (AvgIpc) is 2.66. The second kappa shape index (κ2) is 6.61. The Morgan fingerprint density at radius 2 is 1.85 bits per heavy atom. The minimum Gasteiger partial charge on any atom is -0.497 e. The molecule has 0 saturated carbocycles. The molecule has 0 aromatic heterocycles. The number of carbonyl (C=O) groups is 2. The third-order valence-electron chi connectivity index (χ3n) is 5.56. The van der Waals surface area contributed by atoms with Gasteiger partial charge in [0.15, 0.2) is 0 Å². The van der Waals surface area contributed by atoms with E-state index in [-0.39, 0.29) is 29.9 Å². The molecule has 2 aliphatic rings. The van der Waals surface area contributed by atoms with E-state index in [1.54, 1.807) is 20.1 Å². The van der Waals surface area contributed by atoms with Gasteiger partial charge in [-0.2, -0.15) is 0 Å². The van der Waals surface area contributed by atoms with Crippen LogP contribution in [0.4, 0.5) is 5.69 Å². The minimum absolute atomic E-state index is 0.0426. The van der Waals surface area contributed by atoms with Crippen molar-refractivity contribution in [1.82, 2.24) is 4.90 Å².